The van der Waals surface area contributed by atoms with Crippen LogP contribution in [-0.4, -0.2) is 11.2 Å². The molecule has 1 aromatic heterocycles. The zero-order valence-electron chi connectivity index (χ0n) is 7.16. The molecule has 0 unspecified atom stereocenters. The minimum absolute atomic E-state index is 0.543. The Morgan fingerprint density at radius 3 is 2.92 bits per heavy atom. The smallest absolute Gasteiger partial charge is 0.154 e. The number of nitrogens with zero attached hydrogens (tertiary/aromatic N) is 2. The van der Waals surface area contributed by atoms with Gasteiger partial charge in [0.25, 0.3) is 0 Å². The third kappa shape index (κ3) is 1.59. The van der Waals surface area contributed by atoms with Crippen molar-refractivity contribution in [3.05, 3.63) is 23.5 Å². The monoisotopic (exact) mass is 178 g/mol. The van der Waals surface area contributed by atoms with Crippen LogP contribution in [0.4, 0.5) is 0 Å². The van der Waals surface area contributed by atoms with Crippen molar-refractivity contribution in [2.45, 2.75) is 18.2 Å². The summed E-state index contributed by atoms with van der Waals surface area (Å²) >= 11 is 1.59. The summed E-state index contributed by atoms with van der Waals surface area (Å²) in [5.74, 6) is 0. The van der Waals surface area contributed by atoms with E-state index in [2.05, 4.69) is 18.0 Å². The lowest BCUT2D eigenvalue weighted by Crippen LogP contribution is -1.92. The largest absolute Gasteiger partial charge is 0.244 e. The van der Waals surface area contributed by atoms with E-state index in [1.165, 1.54) is 5.56 Å². The van der Waals surface area contributed by atoms with Crippen LogP contribution in [0, 0.1) is 11.3 Å². The molecule has 0 saturated heterocycles. The van der Waals surface area contributed by atoms with Crippen molar-refractivity contribution in [2.24, 2.45) is 0 Å². The van der Waals surface area contributed by atoms with Crippen LogP contribution in [0.25, 0.3) is 0 Å². The second-order valence-corrected chi connectivity index (χ2v) is 3.13. The molecular weight excluding hydrogens is 168 g/mol. The highest BCUT2D eigenvalue weighted by Gasteiger charge is 2.05. The lowest BCUT2D eigenvalue weighted by Gasteiger charge is -2.04. The topological polar surface area (TPSA) is 36.7 Å². The normalized spacial score (nSPS) is 9.42. The van der Waals surface area contributed by atoms with Gasteiger partial charge in [0.2, 0.25) is 0 Å². The summed E-state index contributed by atoms with van der Waals surface area (Å²) < 4.78 is 0. The molecule has 12 heavy (non-hydrogen) atoms. The highest BCUT2D eigenvalue weighted by Crippen LogP contribution is 2.22. The molecule has 0 N–H and O–H groups in total. The van der Waals surface area contributed by atoms with Crippen LogP contribution in [0.3, 0.4) is 0 Å². The van der Waals surface area contributed by atoms with Gasteiger partial charge in [-0.05, 0) is 24.3 Å². The number of aromatic nitrogens is 1. The Morgan fingerprint density at radius 1 is 1.67 bits per heavy atom. The first-order valence-electron chi connectivity index (χ1n) is 3.75. The number of aryl methyl sites for hydroxylation is 1. The lowest BCUT2D eigenvalue weighted by molar-refractivity contribution is 1.03. The van der Waals surface area contributed by atoms with Gasteiger partial charge >= 0.3 is 0 Å². The van der Waals surface area contributed by atoms with Gasteiger partial charge in [0.1, 0.15) is 6.07 Å². The minimum Gasteiger partial charge on any atom is -0.244 e. The number of hydrogen-bond acceptors (Lipinski definition) is 3. The van der Waals surface area contributed by atoms with E-state index in [-0.39, 0.29) is 0 Å². The number of rotatable bonds is 2. The van der Waals surface area contributed by atoms with Gasteiger partial charge in [-0.25, -0.2) is 4.98 Å². The molecule has 0 bridgehead atoms. The van der Waals surface area contributed by atoms with Crippen molar-refractivity contribution in [3.8, 4) is 6.07 Å². The quantitative estimate of drug-likeness (QED) is 0.652. The average Bonchev–Trinajstić information content (AvgIpc) is 2.16. The summed E-state index contributed by atoms with van der Waals surface area (Å²) in [5.41, 5.74) is 1.75. The molecule has 3 heteroatoms. The predicted molar refractivity (Wildman–Crippen MR) is 50.1 cm³/mol. The van der Waals surface area contributed by atoms with E-state index < -0.39 is 0 Å². The molecular formula is C9H10N2S. The van der Waals surface area contributed by atoms with Crippen molar-refractivity contribution < 1.29 is 0 Å². The van der Waals surface area contributed by atoms with Crippen LogP contribution in [0.15, 0.2) is 17.2 Å². The zero-order valence-corrected chi connectivity index (χ0v) is 7.98. The first-order valence-corrected chi connectivity index (χ1v) is 4.98. The van der Waals surface area contributed by atoms with Gasteiger partial charge < -0.3 is 0 Å². The molecule has 0 radical (unpaired) electrons. The molecule has 62 valence electrons. The van der Waals surface area contributed by atoms with E-state index in [4.69, 9.17) is 5.26 Å². The second kappa shape index (κ2) is 4.13. The molecule has 1 rings (SSSR count). The maximum Gasteiger partial charge on any atom is 0.154 e. The van der Waals surface area contributed by atoms with Crippen LogP contribution in [0.5, 0.6) is 0 Å². The van der Waals surface area contributed by atoms with Crippen molar-refractivity contribution in [3.63, 3.8) is 0 Å². The van der Waals surface area contributed by atoms with Gasteiger partial charge in [-0.15, -0.1) is 11.8 Å². The molecule has 0 saturated carbocycles. The Hall–Kier alpha value is -1.01. The van der Waals surface area contributed by atoms with Crippen LogP contribution in [-0.2, 0) is 6.42 Å². The van der Waals surface area contributed by atoms with Crippen molar-refractivity contribution in [1.82, 2.24) is 4.98 Å². The predicted octanol–water partition coefficient (Wildman–Crippen LogP) is 2.24. The van der Waals surface area contributed by atoms with Crippen LogP contribution < -0.4 is 0 Å². The fraction of sp³-hybridized carbons (Fsp3) is 0.333. The summed E-state index contributed by atoms with van der Waals surface area (Å²) in [7, 11) is 0. The summed E-state index contributed by atoms with van der Waals surface area (Å²) in [5, 5.41) is 8.74. The van der Waals surface area contributed by atoms with E-state index in [0.29, 0.717) is 5.69 Å². The van der Waals surface area contributed by atoms with Crippen molar-refractivity contribution >= 4 is 11.8 Å². The van der Waals surface area contributed by atoms with Gasteiger partial charge in [-0.1, -0.05) is 6.92 Å². The van der Waals surface area contributed by atoms with Gasteiger partial charge in [-0.3, -0.25) is 0 Å². The molecule has 0 aliphatic heterocycles. The lowest BCUT2D eigenvalue weighted by atomic mass is 10.2. The number of pyridine rings is 1. The summed E-state index contributed by atoms with van der Waals surface area (Å²) in [6.07, 6.45) is 4.61. The molecule has 0 atom stereocenters. The SMILES string of the molecule is CCc1ccnc(C#N)c1SC. The van der Waals surface area contributed by atoms with Gasteiger partial charge in [0, 0.05) is 11.1 Å². The standard InChI is InChI=1S/C9H10N2S/c1-3-7-4-5-11-8(6-10)9(7)12-2/h4-5H,3H2,1-2H3. The summed E-state index contributed by atoms with van der Waals surface area (Å²) in [6.45, 7) is 2.08. The van der Waals surface area contributed by atoms with E-state index in [9.17, 15) is 0 Å². The molecule has 2 nitrogen and oxygen atoms in total. The average molecular weight is 178 g/mol. The Kier molecular flexibility index (Phi) is 3.12. The zero-order chi connectivity index (χ0) is 8.97. The fourth-order valence-electron chi connectivity index (χ4n) is 1.07. The summed E-state index contributed by atoms with van der Waals surface area (Å²) in [4.78, 5) is 5.01. The molecule has 1 aromatic rings. The van der Waals surface area contributed by atoms with E-state index in [1.807, 2.05) is 12.3 Å². The van der Waals surface area contributed by atoms with E-state index in [0.717, 1.165) is 11.3 Å². The molecule has 0 spiro atoms. The highest BCUT2D eigenvalue weighted by molar-refractivity contribution is 7.98. The van der Waals surface area contributed by atoms with Crippen molar-refractivity contribution in [2.75, 3.05) is 6.26 Å². The maximum atomic E-state index is 8.74. The molecule has 0 aliphatic carbocycles. The van der Waals surface area contributed by atoms with Gasteiger partial charge in [-0.2, -0.15) is 5.26 Å². The first-order chi connectivity index (χ1) is 5.83. The third-order valence-corrected chi connectivity index (χ3v) is 2.54. The minimum atomic E-state index is 0.543. The van der Waals surface area contributed by atoms with E-state index >= 15 is 0 Å². The summed E-state index contributed by atoms with van der Waals surface area (Å²) in [6, 6.07) is 4.05. The van der Waals surface area contributed by atoms with Gasteiger partial charge in [0.05, 0.1) is 0 Å². The Bertz CT molecular complexity index is 315. The second-order valence-electron chi connectivity index (χ2n) is 2.32. The molecule has 0 amide bonds. The number of thioether (sulfide) groups is 1. The highest BCUT2D eigenvalue weighted by atomic mass is 32.2. The van der Waals surface area contributed by atoms with Crippen LogP contribution in [0.1, 0.15) is 18.2 Å². The third-order valence-electron chi connectivity index (χ3n) is 1.68. The molecule has 1 heterocycles. The van der Waals surface area contributed by atoms with Gasteiger partial charge in [0.15, 0.2) is 5.69 Å². The molecule has 0 aromatic carbocycles. The number of hydrogen-bond donors (Lipinski definition) is 0. The Labute approximate surface area is 76.6 Å². The Morgan fingerprint density at radius 2 is 2.42 bits per heavy atom. The Balaban J connectivity index is 3.24. The maximum absolute atomic E-state index is 8.74. The van der Waals surface area contributed by atoms with Crippen LogP contribution >= 0.6 is 11.8 Å². The fourth-order valence-corrected chi connectivity index (χ4v) is 1.84. The van der Waals surface area contributed by atoms with Crippen LogP contribution in [0.2, 0.25) is 0 Å². The van der Waals surface area contributed by atoms with Crippen molar-refractivity contribution in [1.29, 1.82) is 5.26 Å². The first kappa shape index (κ1) is 9.08. The van der Waals surface area contributed by atoms with E-state index in [1.54, 1.807) is 18.0 Å². The number of nitriles is 1. The molecule has 0 fully saturated rings. The molecule has 0 aliphatic rings.